The van der Waals surface area contributed by atoms with Gasteiger partial charge in [-0.2, -0.15) is 10.2 Å². The summed E-state index contributed by atoms with van der Waals surface area (Å²) < 4.78 is 20.0. The highest BCUT2D eigenvalue weighted by molar-refractivity contribution is 6.40. The van der Waals surface area contributed by atoms with Crippen molar-refractivity contribution >= 4 is 157 Å². The van der Waals surface area contributed by atoms with E-state index >= 15 is 0 Å². The van der Waals surface area contributed by atoms with E-state index in [9.17, 15) is 87.2 Å². The maximum Gasteiger partial charge on any atom is 0.305 e. The summed E-state index contributed by atoms with van der Waals surface area (Å²) in [4.78, 5) is 226. The zero-order chi connectivity index (χ0) is 102. The Labute approximate surface area is 815 Å². The van der Waals surface area contributed by atoms with Crippen LogP contribution in [0.15, 0.2) is 84.9 Å². The zero-order valence-corrected chi connectivity index (χ0v) is 79.7. The quantitative estimate of drug-likeness (QED) is 0.0169. The monoisotopic (exact) mass is 1980 g/mol. The van der Waals surface area contributed by atoms with E-state index in [-0.39, 0.29) is 180 Å². The third-order valence-electron chi connectivity index (χ3n) is 23.6. The molecule has 10 aromatic rings. The Kier molecular flexibility index (Phi) is 35.0. The molecule has 0 aliphatic carbocycles. The minimum atomic E-state index is -2.06. The number of aliphatic carboxylic acids is 4. The number of benzene rings is 4. The van der Waals surface area contributed by atoms with Gasteiger partial charge in [-0.25, -0.2) is 19.9 Å². The lowest BCUT2D eigenvalue weighted by Crippen LogP contribution is -2.59. The number of halogens is 2. The van der Waals surface area contributed by atoms with Gasteiger partial charge in [-0.3, -0.25) is 102 Å². The minimum Gasteiger partial charge on any atom is -0.494 e. The number of nitrogens with two attached hydrogens (primary N) is 3. The second-order valence-electron chi connectivity index (χ2n) is 33.6. The number of carboxylic acids is 4. The first-order chi connectivity index (χ1) is 67.3. The van der Waals surface area contributed by atoms with Crippen molar-refractivity contribution in [2.75, 3.05) is 74.3 Å². The average Bonchev–Trinajstić information content (AvgIpc) is 1.57. The molecular weight excluding hydrogens is 1880 g/mol. The number of carbonyl (C=O) groups is 15. The number of aryl methyl sites for hydroxylation is 4. The second kappa shape index (κ2) is 47.2. The van der Waals surface area contributed by atoms with Gasteiger partial charge < -0.3 is 103 Å². The van der Waals surface area contributed by atoms with Gasteiger partial charge >= 0.3 is 23.9 Å². The van der Waals surface area contributed by atoms with E-state index in [2.05, 4.69) is 82.9 Å². The highest BCUT2D eigenvalue weighted by Crippen LogP contribution is 2.42. The van der Waals surface area contributed by atoms with Crippen molar-refractivity contribution in [2.45, 2.75) is 181 Å². The third-order valence-corrected chi connectivity index (χ3v) is 24.4. The van der Waals surface area contributed by atoms with Crippen molar-refractivity contribution in [1.82, 2.24) is 94.6 Å². The normalized spacial score (nSPS) is 13.9. The molecule has 0 bridgehead atoms. The number of amides is 11. The number of primary amides is 2. The summed E-state index contributed by atoms with van der Waals surface area (Å²) in [7, 11) is 3.14. The maximum absolute atomic E-state index is 14.3. The number of nitrogens with zero attached hydrogens (tertiary/aromatic N) is 13. The summed E-state index contributed by atoms with van der Waals surface area (Å²) in [5.41, 5.74) is 24.0. The van der Waals surface area contributed by atoms with Crippen LogP contribution in [0.4, 0.5) is 23.3 Å². The molecule has 2 aliphatic heterocycles. The van der Waals surface area contributed by atoms with Gasteiger partial charge in [0.25, 0.3) is 23.6 Å². The molecule has 0 spiro atoms. The van der Waals surface area contributed by atoms with E-state index < -0.39 is 138 Å². The molecule has 8 heterocycles. The lowest BCUT2D eigenvalue weighted by atomic mass is 10.0. The summed E-state index contributed by atoms with van der Waals surface area (Å²) in [5.74, 6) is -14.9. The first-order valence-corrected chi connectivity index (χ1v) is 46.2. The van der Waals surface area contributed by atoms with Gasteiger partial charge in [0.05, 0.1) is 94.3 Å². The SMILES string of the molecule is CCn1nc(C)cc1C(=O)Nc1nc2cc(C(N)=O)cc(OC)c2n1C/C=C/Cn1c(NC(=O)c2cc(C)nn2CC)nc2cc(C(N)=O)cc(OCCCNC(=O)[C@H](CC(=O)O)NC(=O)[C@H](CC(=O)O)NC(=O)[C@H](CCCCN)NC(=O)[C@H](CC(=O)O)NC(=O)CCCN3CCc4[nH]c(C(=O)Nc5cccc(-c6cccc(NC(=O)c7nc8c(n7C)CCN(CCCC(=O)O)C8)c6Cl)c5Cl)nc4C3C)c21. The van der Waals surface area contributed by atoms with Gasteiger partial charge in [0.15, 0.2) is 11.6 Å². The number of aromatic nitrogens is 12. The number of aromatic amines is 1. The smallest absolute Gasteiger partial charge is 0.305 e. The van der Waals surface area contributed by atoms with Crippen LogP contribution in [0.25, 0.3) is 33.2 Å². The van der Waals surface area contributed by atoms with Crippen LogP contribution in [-0.2, 0) is 95.8 Å². The number of H-pyrrole nitrogens is 1. The topological polar surface area (TPSA) is 666 Å². The number of nitrogens with one attached hydrogen (secondary N) is 10. The van der Waals surface area contributed by atoms with Gasteiger partial charge in [-0.1, -0.05) is 59.6 Å². The first kappa shape index (κ1) is 104. The Balaban J connectivity index is 0.656. The molecule has 2 aliphatic rings. The van der Waals surface area contributed by atoms with Crippen molar-refractivity contribution in [3.8, 4) is 22.6 Å². The zero-order valence-electron chi connectivity index (χ0n) is 78.2. The standard InChI is InChI=1S/C92H110Cl2N26O21/c1-8-119-65(37-47(3)112-119)87(136)110-91-107-58-39-50(79(96)130)41-67(140-7)77(58)117(91)32-12-13-33-118-78-59(108-92(118)111-88(137)66-38-48(4)113-120(66)9-2)40-51(80(97)131)42-68(78)141-36-18-29-98-83(132)60(43-71(124)125)105-86(135)62(45-73(128)129)106-84(133)57(21-10-11-28-95)104-85(134)61(44-72(126)127)99-69(121)24-16-31-116-35-26-56-76(49(116)5)109-81(100-56)89(138)102-54-22-14-19-52(74(54)93)53-20-15-23-55(75(53)94)103-90(139)82-101-63-46-115(30-17-25-70(122)123)34-27-64(63)114(82)6/h12-15,19-20,22-23,37-42,49,57,60-62H,8-11,16-18,21,24-36,43-46,95H2,1-7H3,(H2,96,130)(H2,97,131)(H,98,132)(H,99,121)(H,100,109)(H,102,138)(H,103,139)(H,104,134)(H,105,135)(H,106,133)(H,122,123)(H,124,125)(H,126,127)(H,128,129)(H,107,110,136)(H,108,111,137)/b13-12+/t49?,57-,60-,61-,62-/m0/s1. The molecule has 748 valence electrons. The van der Waals surface area contributed by atoms with E-state index in [4.69, 9.17) is 60.0 Å². The summed E-state index contributed by atoms with van der Waals surface area (Å²) in [5, 5.41) is 71.5. The Hall–Kier alpha value is -15.5. The second-order valence-corrected chi connectivity index (χ2v) is 34.4. The van der Waals surface area contributed by atoms with Crippen LogP contribution in [0.1, 0.15) is 195 Å². The fraction of sp³-hybridized carbons (Fsp3) is 0.402. The van der Waals surface area contributed by atoms with Gasteiger partial charge in [0.2, 0.25) is 53.2 Å². The predicted octanol–water partition coefficient (Wildman–Crippen LogP) is 5.34. The molecule has 5 atom stereocenters. The van der Waals surface area contributed by atoms with Crippen LogP contribution in [0.3, 0.4) is 0 Å². The number of carbonyl (C=O) groups excluding carboxylic acids is 11. The molecular formula is C92H110Cl2N26O21. The first-order valence-electron chi connectivity index (χ1n) is 45.4. The van der Waals surface area contributed by atoms with Crippen molar-refractivity contribution in [2.24, 2.45) is 24.2 Å². The summed E-state index contributed by atoms with van der Waals surface area (Å²) in [6.45, 7) is 11.5. The largest absolute Gasteiger partial charge is 0.494 e. The summed E-state index contributed by atoms with van der Waals surface area (Å²) in [6.07, 6.45) is 1.75. The molecule has 141 heavy (non-hydrogen) atoms. The van der Waals surface area contributed by atoms with Crippen molar-refractivity contribution in [3.05, 3.63) is 163 Å². The lowest BCUT2D eigenvalue weighted by Gasteiger charge is -2.32. The molecule has 47 nitrogen and oxygen atoms in total. The third kappa shape index (κ3) is 25.9. The highest BCUT2D eigenvalue weighted by atomic mass is 35.5. The van der Waals surface area contributed by atoms with Gasteiger partial charge in [-0.05, 0) is 141 Å². The van der Waals surface area contributed by atoms with Crippen molar-refractivity contribution in [1.29, 1.82) is 0 Å². The Bertz CT molecular complexity index is 6530. The van der Waals surface area contributed by atoms with E-state index in [1.807, 2.05) is 18.7 Å². The van der Waals surface area contributed by atoms with E-state index in [0.29, 0.717) is 98.0 Å². The molecule has 1 unspecified atom stereocenters. The molecule has 20 N–H and O–H groups in total. The van der Waals surface area contributed by atoms with Crippen LogP contribution in [0.5, 0.6) is 11.5 Å². The molecule has 0 fully saturated rings. The number of hydrogen-bond acceptors (Lipinski definition) is 26. The van der Waals surface area contributed by atoms with E-state index in [1.165, 1.54) is 40.7 Å². The fourth-order valence-electron chi connectivity index (χ4n) is 16.7. The van der Waals surface area contributed by atoms with Crippen molar-refractivity contribution in [3.63, 3.8) is 0 Å². The van der Waals surface area contributed by atoms with E-state index in [0.717, 1.165) is 11.4 Å². The fourth-order valence-corrected chi connectivity index (χ4v) is 17.2. The molecule has 12 rings (SSSR count). The number of hydrogen-bond donors (Lipinski definition) is 17. The number of allylic oxidation sites excluding steroid dienone is 2. The number of fused-ring (bicyclic) bond motifs is 4. The number of imidazole rings is 4. The average molecular weight is 1990 g/mol. The highest BCUT2D eigenvalue weighted by Gasteiger charge is 2.37. The molecule has 0 radical (unpaired) electrons. The number of anilines is 4. The lowest BCUT2D eigenvalue weighted by molar-refractivity contribution is -0.143. The number of carboxylic acid groups (broad SMARTS) is 4. The Morgan fingerprint density at radius 2 is 1.09 bits per heavy atom. The number of unbranched alkanes of at least 4 members (excludes halogenated alkanes) is 1. The van der Waals surface area contributed by atoms with Gasteiger partial charge in [-0.15, -0.1) is 0 Å². The number of methoxy groups -OCH3 is 1. The molecule has 6 aromatic heterocycles. The van der Waals surface area contributed by atoms with Gasteiger partial charge in [0.1, 0.15) is 58.1 Å². The minimum absolute atomic E-state index is 0.00846. The predicted molar refractivity (Wildman–Crippen MR) is 512 cm³/mol. The maximum atomic E-state index is 14.3. The van der Waals surface area contributed by atoms with Crippen LogP contribution in [0, 0.1) is 13.8 Å². The van der Waals surface area contributed by atoms with E-state index in [1.54, 1.807) is 102 Å². The molecule has 11 amide bonds. The molecule has 49 heteroatoms. The van der Waals surface area contributed by atoms with Crippen LogP contribution in [-0.4, -0.2) is 254 Å². The Morgan fingerprint density at radius 1 is 0.574 bits per heavy atom. The molecule has 0 saturated carbocycles. The van der Waals surface area contributed by atoms with Crippen LogP contribution in [0.2, 0.25) is 10.0 Å². The van der Waals surface area contributed by atoms with Crippen LogP contribution >= 0.6 is 23.2 Å². The number of ether oxygens (including phenoxy) is 2. The summed E-state index contributed by atoms with van der Waals surface area (Å²) in [6, 6.07) is 10.9. The molecule has 4 aromatic carbocycles. The Morgan fingerprint density at radius 3 is 1.62 bits per heavy atom. The van der Waals surface area contributed by atoms with Crippen LogP contribution < -0.4 is 74.5 Å². The van der Waals surface area contributed by atoms with Crippen molar-refractivity contribution < 1.29 is 102 Å². The van der Waals surface area contributed by atoms with Gasteiger partial charge in [0, 0.05) is 119 Å². The molecule has 0 saturated heterocycles. The number of rotatable bonds is 49. The summed E-state index contributed by atoms with van der Waals surface area (Å²) >= 11 is 14.0.